The monoisotopic (exact) mass is 622 g/mol. The molecule has 11 aromatic rings. The van der Waals surface area contributed by atoms with Gasteiger partial charge < -0.3 is 4.42 Å². The van der Waals surface area contributed by atoms with Crippen molar-refractivity contribution in [3.63, 3.8) is 0 Å². The van der Waals surface area contributed by atoms with Gasteiger partial charge >= 0.3 is 0 Å². The molecule has 0 atom stereocenters. The van der Waals surface area contributed by atoms with Gasteiger partial charge in [0.1, 0.15) is 11.2 Å². The lowest BCUT2D eigenvalue weighted by Crippen LogP contribution is -1.92. The summed E-state index contributed by atoms with van der Waals surface area (Å²) in [5.74, 6) is 0. The summed E-state index contributed by atoms with van der Waals surface area (Å²) in [6, 6.07) is 56.0. The molecular formula is C46H26N2O. The molecule has 3 nitrogen and oxygen atoms in total. The number of hydrogen-bond donors (Lipinski definition) is 0. The second-order valence-electron chi connectivity index (χ2n) is 12.9. The highest BCUT2D eigenvalue weighted by atomic mass is 16.3. The molecule has 11 rings (SSSR count). The van der Waals surface area contributed by atoms with Crippen LogP contribution in [0, 0.1) is 0 Å². The summed E-state index contributed by atoms with van der Waals surface area (Å²) < 4.78 is 6.32. The number of benzene rings is 8. The second-order valence-corrected chi connectivity index (χ2v) is 12.9. The molecule has 3 heterocycles. The molecule has 0 saturated heterocycles. The predicted molar refractivity (Wildman–Crippen MR) is 204 cm³/mol. The number of pyridine rings is 2. The van der Waals surface area contributed by atoms with Gasteiger partial charge in [-0.3, -0.25) is 0 Å². The Morgan fingerprint density at radius 3 is 1.76 bits per heavy atom. The minimum absolute atomic E-state index is 0.907. The van der Waals surface area contributed by atoms with E-state index in [0.717, 1.165) is 77.4 Å². The largest absolute Gasteiger partial charge is 0.455 e. The van der Waals surface area contributed by atoms with Crippen molar-refractivity contribution in [2.45, 2.75) is 0 Å². The Kier molecular flexibility index (Phi) is 5.38. The van der Waals surface area contributed by atoms with Crippen LogP contribution in [0.25, 0.3) is 110 Å². The summed E-state index contributed by atoms with van der Waals surface area (Å²) in [6.45, 7) is 0. The number of fused-ring (bicyclic) bond motifs is 6. The molecule has 0 N–H and O–H groups in total. The fraction of sp³-hybridized carbons (Fsp3) is 0. The van der Waals surface area contributed by atoms with E-state index in [4.69, 9.17) is 14.4 Å². The number of rotatable bonds is 3. The first-order chi connectivity index (χ1) is 24.3. The van der Waals surface area contributed by atoms with Crippen LogP contribution in [0.1, 0.15) is 0 Å². The van der Waals surface area contributed by atoms with Gasteiger partial charge in [0.2, 0.25) is 0 Å². The standard InChI is InChI=1S/C46H26N2O/c1-2-10-41-36(7-1)38-9-4-8-34(46(38)49-41)27-11-13-28(14-12-27)39-25-21-32-17-18-33-22-26-40(48-45(33)44(32)47-39)35-23-19-31-16-15-29-5-3-6-30-20-24-37(35)43(31)42(29)30/h1-26H. The summed E-state index contributed by atoms with van der Waals surface area (Å²) in [6.07, 6.45) is 0. The van der Waals surface area contributed by atoms with Crippen molar-refractivity contribution in [2.75, 3.05) is 0 Å². The van der Waals surface area contributed by atoms with E-state index in [1.165, 1.54) is 32.3 Å². The minimum atomic E-state index is 0.907. The number of nitrogens with zero attached hydrogens (tertiary/aromatic N) is 2. The van der Waals surface area contributed by atoms with Crippen molar-refractivity contribution < 1.29 is 4.42 Å². The van der Waals surface area contributed by atoms with Crippen LogP contribution in [0.4, 0.5) is 0 Å². The summed E-state index contributed by atoms with van der Waals surface area (Å²) in [5.41, 5.74) is 9.90. The molecule has 0 fully saturated rings. The van der Waals surface area contributed by atoms with E-state index in [2.05, 4.69) is 146 Å². The summed E-state index contributed by atoms with van der Waals surface area (Å²) in [7, 11) is 0. The zero-order chi connectivity index (χ0) is 32.1. The maximum atomic E-state index is 6.32. The Morgan fingerprint density at radius 1 is 0.347 bits per heavy atom. The molecule has 0 radical (unpaired) electrons. The molecular weight excluding hydrogens is 597 g/mol. The first-order valence-corrected chi connectivity index (χ1v) is 16.7. The van der Waals surface area contributed by atoms with E-state index in [-0.39, 0.29) is 0 Å². The predicted octanol–water partition coefficient (Wildman–Crippen LogP) is 12.6. The highest BCUT2D eigenvalue weighted by Gasteiger charge is 2.15. The zero-order valence-corrected chi connectivity index (χ0v) is 26.3. The average Bonchev–Trinajstić information content (AvgIpc) is 3.56. The maximum absolute atomic E-state index is 6.32. The lowest BCUT2D eigenvalue weighted by atomic mass is 9.91. The molecule has 3 heteroatoms. The normalized spacial score (nSPS) is 12.1. The number of hydrogen-bond acceptors (Lipinski definition) is 3. The topological polar surface area (TPSA) is 38.9 Å². The Morgan fingerprint density at radius 2 is 0.939 bits per heavy atom. The van der Waals surface area contributed by atoms with E-state index < -0.39 is 0 Å². The zero-order valence-electron chi connectivity index (χ0n) is 26.3. The summed E-state index contributed by atoms with van der Waals surface area (Å²) in [4.78, 5) is 10.6. The van der Waals surface area contributed by atoms with E-state index >= 15 is 0 Å². The Labute approximate surface area is 281 Å². The molecule has 0 amide bonds. The van der Waals surface area contributed by atoms with E-state index in [1.54, 1.807) is 0 Å². The van der Waals surface area contributed by atoms with Crippen molar-refractivity contribution in [2.24, 2.45) is 0 Å². The molecule has 0 aliphatic rings. The first kappa shape index (κ1) is 26.5. The third-order valence-electron chi connectivity index (χ3n) is 10.2. The van der Waals surface area contributed by atoms with E-state index in [1.807, 2.05) is 12.1 Å². The molecule has 0 aliphatic carbocycles. The molecule has 0 spiro atoms. The Balaban J connectivity index is 1.03. The van der Waals surface area contributed by atoms with Crippen LogP contribution in [-0.4, -0.2) is 9.97 Å². The second kappa shape index (κ2) is 9.96. The third-order valence-corrected chi connectivity index (χ3v) is 10.2. The number of furan rings is 1. The third kappa shape index (κ3) is 3.90. The quantitative estimate of drug-likeness (QED) is 0.184. The van der Waals surface area contributed by atoms with Crippen LogP contribution in [0.3, 0.4) is 0 Å². The molecule has 49 heavy (non-hydrogen) atoms. The SMILES string of the molecule is c1cc2ccc3ccc(-c4ccc5ccc6ccc(-c7ccc(-c8cccc9c8oc8ccccc89)cc7)nc6c5n4)c4ccc(c1)c2c34. The molecule has 226 valence electrons. The van der Waals surface area contributed by atoms with Gasteiger partial charge in [-0.05, 0) is 56.1 Å². The lowest BCUT2D eigenvalue weighted by Gasteiger charge is -2.14. The number of aromatic nitrogens is 2. The fourth-order valence-corrected chi connectivity index (χ4v) is 7.83. The van der Waals surface area contributed by atoms with Crippen molar-refractivity contribution >= 4 is 76.1 Å². The maximum Gasteiger partial charge on any atom is 0.143 e. The fourth-order valence-electron chi connectivity index (χ4n) is 7.83. The van der Waals surface area contributed by atoms with Crippen LogP contribution < -0.4 is 0 Å². The van der Waals surface area contributed by atoms with Gasteiger partial charge in [0.25, 0.3) is 0 Å². The smallest absolute Gasteiger partial charge is 0.143 e. The molecule has 0 aliphatic heterocycles. The molecule has 8 aromatic carbocycles. The molecule has 3 aromatic heterocycles. The highest BCUT2D eigenvalue weighted by Crippen LogP contribution is 2.40. The molecule has 0 bridgehead atoms. The van der Waals surface area contributed by atoms with Gasteiger partial charge in [-0.1, -0.05) is 140 Å². The van der Waals surface area contributed by atoms with Crippen LogP contribution >= 0.6 is 0 Å². The number of para-hydroxylation sites is 2. The van der Waals surface area contributed by atoms with Crippen LogP contribution in [0.2, 0.25) is 0 Å². The van der Waals surface area contributed by atoms with Crippen LogP contribution in [0.15, 0.2) is 162 Å². The van der Waals surface area contributed by atoms with Gasteiger partial charge in [0, 0.05) is 38.2 Å². The van der Waals surface area contributed by atoms with Gasteiger partial charge in [-0.2, -0.15) is 0 Å². The van der Waals surface area contributed by atoms with Crippen LogP contribution in [0.5, 0.6) is 0 Å². The lowest BCUT2D eigenvalue weighted by molar-refractivity contribution is 0.670. The van der Waals surface area contributed by atoms with Crippen molar-refractivity contribution in [3.05, 3.63) is 158 Å². The van der Waals surface area contributed by atoms with Gasteiger partial charge in [-0.25, -0.2) is 9.97 Å². The van der Waals surface area contributed by atoms with Crippen molar-refractivity contribution in [1.29, 1.82) is 0 Å². The first-order valence-electron chi connectivity index (χ1n) is 16.7. The summed E-state index contributed by atoms with van der Waals surface area (Å²) in [5, 5.41) is 12.0. The molecule has 0 saturated carbocycles. The van der Waals surface area contributed by atoms with Gasteiger partial charge in [-0.15, -0.1) is 0 Å². The highest BCUT2D eigenvalue weighted by molar-refractivity contribution is 6.25. The Hall–Kier alpha value is -6.58. The van der Waals surface area contributed by atoms with Gasteiger partial charge in [0.05, 0.1) is 22.4 Å². The van der Waals surface area contributed by atoms with Crippen molar-refractivity contribution in [1.82, 2.24) is 9.97 Å². The Bertz CT molecular complexity index is 3080. The van der Waals surface area contributed by atoms with Crippen molar-refractivity contribution in [3.8, 4) is 33.6 Å². The van der Waals surface area contributed by atoms with Gasteiger partial charge in [0.15, 0.2) is 0 Å². The summed E-state index contributed by atoms with van der Waals surface area (Å²) >= 11 is 0. The van der Waals surface area contributed by atoms with E-state index in [0.29, 0.717) is 0 Å². The van der Waals surface area contributed by atoms with Crippen LogP contribution in [-0.2, 0) is 0 Å². The van der Waals surface area contributed by atoms with E-state index in [9.17, 15) is 0 Å². The average molecular weight is 623 g/mol. The molecule has 0 unspecified atom stereocenters. The minimum Gasteiger partial charge on any atom is -0.455 e.